The van der Waals surface area contributed by atoms with Crippen molar-refractivity contribution in [1.82, 2.24) is 4.31 Å². The highest BCUT2D eigenvalue weighted by molar-refractivity contribution is 7.89. The zero-order chi connectivity index (χ0) is 15.6. The average molecular weight is 317 g/mol. The Morgan fingerprint density at radius 2 is 2.10 bits per heavy atom. The van der Waals surface area contributed by atoms with Crippen LogP contribution in [-0.4, -0.2) is 48.1 Å². The quantitative estimate of drug-likeness (QED) is 0.866. The third-order valence-electron chi connectivity index (χ3n) is 3.54. The lowest BCUT2D eigenvalue weighted by atomic mass is 10.1. The first-order chi connectivity index (χ1) is 9.87. The molecule has 0 aliphatic carbocycles. The van der Waals surface area contributed by atoms with Gasteiger partial charge in [-0.15, -0.1) is 0 Å². The van der Waals surface area contributed by atoms with Crippen molar-refractivity contribution in [1.29, 1.82) is 0 Å². The van der Waals surface area contributed by atoms with Crippen LogP contribution in [0.1, 0.15) is 29.6 Å². The van der Waals surface area contributed by atoms with Gasteiger partial charge in [0.25, 0.3) is 0 Å². The summed E-state index contributed by atoms with van der Waals surface area (Å²) in [7, 11) is -4.17. The van der Waals surface area contributed by atoms with Crippen molar-refractivity contribution in [2.45, 2.75) is 30.2 Å². The lowest BCUT2D eigenvalue weighted by Gasteiger charge is -2.33. The molecule has 0 saturated carbocycles. The summed E-state index contributed by atoms with van der Waals surface area (Å²) in [6.45, 7) is -0.167. The van der Waals surface area contributed by atoms with Gasteiger partial charge in [-0.2, -0.15) is 4.31 Å². The Hall–Kier alpha value is -1.51. The van der Waals surface area contributed by atoms with E-state index in [1.165, 1.54) is 0 Å². The number of carboxylic acids is 1. The fourth-order valence-corrected chi connectivity index (χ4v) is 4.37. The Kier molecular flexibility index (Phi) is 4.60. The molecular formula is C13H16FNO5S. The molecule has 0 aromatic heterocycles. The SMILES string of the molecule is O=C(O)c1ccc(F)cc1S(=O)(=O)N1CCCCC1CO. The van der Waals surface area contributed by atoms with E-state index in [1.54, 1.807) is 0 Å². The summed E-state index contributed by atoms with van der Waals surface area (Å²) in [5.74, 6) is -2.26. The van der Waals surface area contributed by atoms with Crippen molar-refractivity contribution in [2.24, 2.45) is 0 Å². The van der Waals surface area contributed by atoms with Gasteiger partial charge in [0, 0.05) is 12.6 Å². The number of aliphatic hydroxyl groups is 1. The molecule has 21 heavy (non-hydrogen) atoms. The van der Waals surface area contributed by atoms with Crippen LogP contribution in [0.25, 0.3) is 0 Å². The topological polar surface area (TPSA) is 94.9 Å². The molecule has 0 amide bonds. The monoisotopic (exact) mass is 317 g/mol. The molecule has 2 N–H and O–H groups in total. The Labute approximate surface area is 121 Å². The van der Waals surface area contributed by atoms with Crippen LogP contribution < -0.4 is 0 Å². The molecule has 1 fully saturated rings. The summed E-state index contributed by atoms with van der Waals surface area (Å²) in [4.78, 5) is 10.6. The largest absolute Gasteiger partial charge is 0.478 e. The van der Waals surface area contributed by atoms with Crippen molar-refractivity contribution in [3.63, 3.8) is 0 Å². The molecule has 1 aliphatic rings. The maximum absolute atomic E-state index is 13.4. The summed E-state index contributed by atoms with van der Waals surface area (Å²) in [6.07, 6.45) is 1.90. The molecule has 6 nitrogen and oxygen atoms in total. The molecule has 1 heterocycles. The molecule has 1 unspecified atom stereocenters. The number of carbonyl (C=O) groups is 1. The zero-order valence-electron chi connectivity index (χ0n) is 11.2. The fraction of sp³-hybridized carbons (Fsp3) is 0.462. The van der Waals surface area contributed by atoms with Gasteiger partial charge >= 0.3 is 5.97 Å². The number of benzene rings is 1. The predicted molar refractivity (Wildman–Crippen MR) is 72.0 cm³/mol. The van der Waals surface area contributed by atoms with Gasteiger partial charge in [0.05, 0.1) is 17.1 Å². The number of halogens is 1. The second-order valence-corrected chi connectivity index (χ2v) is 6.75. The van der Waals surface area contributed by atoms with E-state index in [1.807, 2.05) is 0 Å². The van der Waals surface area contributed by atoms with Crippen LogP contribution >= 0.6 is 0 Å². The lowest BCUT2D eigenvalue weighted by Crippen LogP contribution is -2.45. The minimum Gasteiger partial charge on any atom is -0.478 e. The first-order valence-electron chi connectivity index (χ1n) is 6.53. The first-order valence-corrected chi connectivity index (χ1v) is 7.97. The smallest absolute Gasteiger partial charge is 0.337 e. The van der Waals surface area contributed by atoms with Crippen LogP contribution in [0.15, 0.2) is 23.1 Å². The van der Waals surface area contributed by atoms with E-state index in [9.17, 15) is 22.7 Å². The van der Waals surface area contributed by atoms with E-state index in [2.05, 4.69) is 0 Å². The molecule has 1 atom stereocenters. The number of rotatable bonds is 4. The van der Waals surface area contributed by atoms with Crippen molar-refractivity contribution in [2.75, 3.05) is 13.2 Å². The van der Waals surface area contributed by atoms with Gasteiger partial charge in [0.15, 0.2) is 0 Å². The molecule has 1 saturated heterocycles. The summed E-state index contributed by atoms with van der Waals surface area (Å²) >= 11 is 0. The highest BCUT2D eigenvalue weighted by atomic mass is 32.2. The van der Waals surface area contributed by atoms with Crippen LogP contribution in [-0.2, 0) is 10.0 Å². The Morgan fingerprint density at radius 3 is 2.71 bits per heavy atom. The number of nitrogens with zero attached hydrogens (tertiary/aromatic N) is 1. The fourth-order valence-electron chi connectivity index (χ4n) is 2.49. The van der Waals surface area contributed by atoms with E-state index in [0.29, 0.717) is 18.9 Å². The normalized spacial score (nSPS) is 20.4. The summed E-state index contributed by atoms with van der Waals surface area (Å²) in [5, 5.41) is 18.4. The van der Waals surface area contributed by atoms with Crippen LogP contribution in [0.2, 0.25) is 0 Å². The molecule has 1 aromatic carbocycles. The van der Waals surface area contributed by atoms with Crippen molar-refractivity contribution in [3.05, 3.63) is 29.6 Å². The van der Waals surface area contributed by atoms with Crippen LogP contribution in [0.5, 0.6) is 0 Å². The van der Waals surface area contributed by atoms with Crippen LogP contribution in [0.3, 0.4) is 0 Å². The number of carboxylic acid groups (broad SMARTS) is 1. The molecule has 0 spiro atoms. The second kappa shape index (κ2) is 6.08. The number of hydrogen-bond donors (Lipinski definition) is 2. The van der Waals surface area contributed by atoms with Gasteiger partial charge < -0.3 is 10.2 Å². The third kappa shape index (κ3) is 3.07. The van der Waals surface area contributed by atoms with Crippen LogP contribution in [0, 0.1) is 5.82 Å². The van der Waals surface area contributed by atoms with Crippen molar-refractivity contribution >= 4 is 16.0 Å². The molecular weight excluding hydrogens is 301 g/mol. The summed E-state index contributed by atoms with van der Waals surface area (Å²) in [5.41, 5.74) is -0.473. The number of aliphatic hydroxyl groups excluding tert-OH is 1. The molecule has 2 rings (SSSR count). The molecule has 1 aliphatic heterocycles. The highest BCUT2D eigenvalue weighted by Gasteiger charge is 2.35. The predicted octanol–water partition coefficient (Wildman–Crippen LogP) is 1.06. The standard InChI is InChI=1S/C13H16FNO5S/c14-9-4-5-11(13(17)18)12(7-9)21(19,20)15-6-2-1-3-10(15)8-16/h4-5,7,10,16H,1-3,6,8H2,(H,17,18). The minimum atomic E-state index is -4.17. The van der Waals surface area contributed by atoms with Crippen molar-refractivity contribution < 1.29 is 27.8 Å². The summed E-state index contributed by atoms with van der Waals surface area (Å²) in [6, 6.07) is 1.95. The minimum absolute atomic E-state index is 0.184. The number of aromatic carboxylic acids is 1. The number of hydrogen-bond acceptors (Lipinski definition) is 4. The Bertz CT molecular complexity index is 646. The Morgan fingerprint density at radius 1 is 1.38 bits per heavy atom. The van der Waals surface area contributed by atoms with E-state index in [-0.39, 0.29) is 13.2 Å². The molecule has 0 radical (unpaired) electrons. The van der Waals surface area contributed by atoms with Gasteiger partial charge in [0.1, 0.15) is 5.82 Å². The summed E-state index contributed by atoms with van der Waals surface area (Å²) < 4.78 is 39.7. The van der Waals surface area contributed by atoms with Crippen molar-refractivity contribution in [3.8, 4) is 0 Å². The maximum Gasteiger partial charge on any atom is 0.337 e. The lowest BCUT2D eigenvalue weighted by molar-refractivity contribution is 0.0692. The van der Waals surface area contributed by atoms with Gasteiger partial charge in [-0.3, -0.25) is 0 Å². The average Bonchev–Trinajstić information content (AvgIpc) is 2.46. The highest BCUT2D eigenvalue weighted by Crippen LogP contribution is 2.27. The Balaban J connectivity index is 2.53. The second-order valence-electron chi connectivity index (χ2n) is 4.89. The van der Waals surface area contributed by atoms with E-state index in [0.717, 1.165) is 22.9 Å². The number of piperidine rings is 1. The van der Waals surface area contributed by atoms with Gasteiger partial charge in [-0.1, -0.05) is 6.42 Å². The zero-order valence-corrected chi connectivity index (χ0v) is 12.0. The van der Waals surface area contributed by atoms with Crippen LogP contribution in [0.4, 0.5) is 4.39 Å². The molecule has 1 aromatic rings. The molecule has 0 bridgehead atoms. The van der Waals surface area contributed by atoms with Gasteiger partial charge in [-0.25, -0.2) is 17.6 Å². The van der Waals surface area contributed by atoms with Gasteiger partial charge in [0.2, 0.25) is 10.0 Å². The van der Waals surface area contributed by atoms with Gasteiger partial charge in [-0.05, 0) is 31.0 Å². The first kappa shape index (κ1) is 15.9. The van der Waals surface area contributed by atoms with E-state index >= 15 is 0 Å². The molecule has 116 valence electrons. The third-order valence-corrected chi connectivity index (χ3v) is 5.54. The number of sulfonamides is 1. The molecule has 8 heteroatoms. The van der Waals surface area contributed by atoms with E-state index in [4.69, 9.17) is 5.11 Å². The van der Waals surface area contributed by atoms with E-state index < -0.39 is 38.3 Å². The maximum atomic E-state index is 13.4.